The number of sulfonamides is 1. The molecular weight excluding hydrogens is 408 g/mol. The smallest absolute Gasteiger partial charge is 0.308 e. The van der Waals surface area contributed by atoms with Gasteiger partial charge in [0.15, 0.2) is 0 Å². The predicted molar refractivity (Wildman–Crippen MR) is 110 cm³/mol. The monoisotopic (exact) mass is 436 g/mol. The lowest BCUT2D eigenvalue weighted by Gasteiger charge is -2.29. The van der Waals surface area contributed by atoms with Crippen molar-refractivity contribution in [2.75, 3.05) is 32.8 Å². The lowest BCUT2D eigenvalue weighted by atomic mass is 10.0. The molecule has 164 valence electrons. The summed E-state index contributed by atoms with van der Waals surface area (Å²) in [5.41, 5.74) is 0.545. The highest BCUT2D eigenvalue weighted by atomic mass is 32.2. The number of benzene rings is 1. The fraction of sp³-hybridized carbons (Fsp3) is 0.550. The van der Waals surface area contributed by atoms with Crippen LogP contribution in [-0.4, -0.2) is 61.7 Å². The number of hydrogen-bond donors (Lipinski definition) is 1. The molecule has 1 aliphatic heterocycles. The Morgan fingerprint density at radius 2 is 1.93 bits per heavy atom. The molecular formula is C20H28N4O5S. The zero-order valence-electron chi connectivity index (χ0n) is 17.3. The third kappa shape index (κ3) is 5.44. The molecule has 9 nitrogen and oxygen atoms in total. The van der Waals surface area contributed by atoms with Gasteiger partial charge in [-0.25, -0.2) is 8.42 Å². The predicted octanol–water partition coefficient (Wildman–Crippen LogP) is 2.31. The topological polar surface area (TPSA) is 115 Å². The molecule has 10 heteroatoms. The molecule has 2 heterocycles. The van der Waals surface area contributed by atoms with E-state index in [0.717, 1.165) is 12.8 Å². The van der Waals surface area contributed by atoms with Gasteiger partial charge in [0.25, 0.3) is 0 Å². The maximum atomic E-state index is 12.8. The maximum Gasteiger partial charge on any atom is 0.308 e. The molecule has 1 aliphatic rings. The standard InChI is InChI=1S/C20H28N4O5S/c1-3-28-14-4-11-21-18(25)20-23-22-19(29-20)16-5-7-17(8-6-16)30(26,27)24-12-9-15(2)10-13-24/h5-8,15H,3-4,9-14H2,1-2H3,(H,21,25). The van der Waals surface area contributed by atoms with Crippen molar-refractivity contribution in [2.24, 2.45) is 5.92 Å². The molecule has 1 aromatic heterocycles. The number of rotatable bonds is 9. The minimum Gasteiger partial charge on any atom is -0.412 e. The first kappa shape index (κ1) is 22.4. The van der Waals surface area contributed by atoms with Crippen LogP contribution in [0.3, 0.4) is 0 Å². The fourth-order valence-electron chi connectivity index (χ4n) is 3.17. The molecule has 1 amide bonds. The lowest BCUT2D eigenvalue weighted by molar-refractivity contribution is 0.0910. The highest BCUT2D eigenvalue weighted by Crippen LogP contribution is 2.25. The van der Waals surface area contributed by atoms with Crippen LogP contribution in [0.2, 0.25) is 0 Å². The summed E-state index contributed by atoms with van der Waals surface area (Å²) in [5.74, 6) is 0.113. The van der Waals surface area contributed by atoms with Crippen molar-refractivity contribution in [1.82, 2.24) is 19.8 Å². The molecule has 1 aromatic carbocycles. The number of nitrogens with one attached hydrogen (secondary N) is 1. The van der Waals surface area contributed by atoms with Crippen LogP contribution in [-0.2, 0) is 14.8 Å². The molecule has 0 saturated carbocycles. The van der Waals surface area contributed by atoms with Crippen molar-refractivity contribution in [1.29, 1.82) is 0 Å². The van der Waals surface area contributed by atoms with Gasteiger partial charge in [-0.2, -0.15) is 4.31 Å². The van der Waals surface area contributed by atoms with E-state index < -0.39 is 15.9 Å². The number of ether oxygens (including phenoxy) is 1. The number of carbonyl (C=O) groups excluding carboxylic acids is 1. The summed E-state index contributed by atoms with van der Waals surface area (Å²) < 4.78 is 37.8. The number of aromatic nitrogens is 2. The van der Waals surface area contributed by atoms with Crippen LogP contribution in [0, 0.1) is 5.92 Å². The van der Waals surface area contributed by atoms with Gasteiger partial charge in [-0.05, 0) is 56.4 Å². The summed E-state index contributed by atoms with van der Waals surface area (Å²) in [7, 11) is -3.52. The Labute approximate surface area is 176 Å². The summed E-state index contributed by atoms with van der Waals surface area (Å²) in [4.78, 5) is 12.3. The van der Waals surface area contributed by atoms with Crippen LogP contribution in [0.5, 0.6) is 0 Å². The second kappa shape index (κ2) is 10.1. The average Bonchev–Trinajstić information content (AvgIpc) is 3.24. The third-order valence-corrected chi connectivity index (χ3v) is 6.97. The van der Waals surface area contributed by atoms with Gasteiger partial charge in [0.2, 0.25) is 15.9 Å². The minimum atomic E-state index is -3.52. The van der Waals surface area contributed by atoms with Crippen molar-refractivity contribution in [3.8, 4) is 11.5 Å². The van der Waals surface area contributed by atoms with Crippen molar-refractivity contribution in [3.05, 3.63) is 30.2 Å². The highest BCUT2D eigenvalue weighted by Gasteiger charge is 2.28. The molecule has 1 fully saturated rings. The quantitative estimate of drug-likeness (QED) is 0.600. The Kier molecular flexibility index (Phi) is 7.57. The summed E-state index contributed by atoms with van der Waals surface area (Å²) in [5, 5.41) is 10.4. The number of carbonyl (C=O) groups is 1. The van der Waals surface area contributed by atoms with Crippen LogP contribution < -0.4 is 5.32 Å². The minimum absolute atomic E-state index is 0.138. The Hall–Kier alpha value is -2.30. The Morgan fingerprint density at radius 1 is 1.23 bits per heavy atom. The second-order valence-corrected chi connectivity index (χ2v) is 9.27. The van der Waals surface area contributed by atoms with E-state index in [-0.39, 0.29) is 16.7 Å². The van der Waals surface area contributed by atoms with Crippen LogP contribution in [0.1, 0.15) is 43.8 Å². The zero-order valence-corrected chi connectivity index (χ0v) is 18.2. The zero-order chi connectivity index (χ0) is 21.6. The average molecular weight is 437 g/mol. The Balaban J connectivity index is 1.62. The molecule has 0 aliphatic carbocycles. The molecule has 30 heavy (non-hydrogen) atoms. The number of nitrogens with zero attached hydrogens (tertiary/aromatic N) is 3. The molecule has 3 rings (SSSR count). The van der Waals surface area contributed by atoms with Crippen molar-refractivity contribution in [2.45, 2.75) is 38.0 Å². The molecule has 0 unspecified atom stereocenters. The normalized spacial score (nSPS) is 15.9. The van der Waals surface area contributed by atoms with Gasteiger partial charge in [0, 0.05) is 38.4 Å². The van der Waals surface area contributed by atoms with E-state index >= 15 is 0 Å². The van der Waals surface area contributed by atoms with Crippen molar-refractivity contribution in [3.63, 3.8) is 0 Å². The van der Waals surface area contributed by atoms with Gasteiger partial charge >= 0.3 is 11.8 Å². The Bertz CT molecular complexity index is 934. The van der Waals surface area contributed by atoms with E-state index in [9.17, 15) is 13.2 Å². The van der Waals surface area contributed by atoms with Gasteiger partial charge < -0.3 is 14.5 Å². The van der Waals surface area contributed by atoms with Crippen molar-refractivity contribution >= 4 is 15.9 Å². The van der Waals surface area contributed by atoms with Crippen LogP contribution in [0.4, 0.5) is 0 Å². The van der Waals surface area contributed by atoms with E-state index in [1.54, 1.807) is 12.1 Å². The number of hydrogen-bond acceptors (Lipinski definition) is 7. The van der Waals surface area contributed by atoms with E-state index in [2.05, 4.69) is 22.4 Å². The summed E-state index contributed by atoms with van der Waals surface area (Å²) >= 11 is 0. The largest absolute Gasteiger partial charge is 0.412 e. The van der Waals surface area contributed by atoms with Gasteiger partial charge in [0.05, 0.1) is 4.90 Å². The molecule has 0 radical (unpaired) electrons. The summed E-state index contributed by atoms with van der Waals surface area (Å²) in [6.07, 6.45) is 2.43. The molecule has 1 saturated heterocycles. The molecule has 1 N–H and O–H groups in total. The first-order chi connectivity index (χ1) is 14.4. The van der Waals surface area contributed by atoms with E-state index in [4.69, 9.17) is 9.15 Å². The maximum absolute atomic E-state index is 12.8. The molecule has 0 spiro atoms. The van der Waals surface area contributed by atoms with Gasteiger partial charge in [-0.15, -0.1) is 10.2 Å². The third-order valence-electron chi connectivity index (χ3n) is 5.06. The molecule has 2 aromatic rings. The molecule has 0 bridgehead atoms. The highest BCUT2D eigenvalue weighted by molar-refractivity contribution is 7.89. The van der Waals surface area contributed by atoms with Crippen molar-refractivity contribution < 1.29 is 22.4 Å². The van der Waals surface area contributed by atoms with Gasteiger partial charge in [-0.3, -0.25) is 4.79 Å². The second-order valence-electron chi connectivity index (χ2n) is 7.33. The first-order valence-corrected chi connectivity index (χ1v) is 11.7. The fourth-order valence-corrected chi connectivity index (χ4v) is 4.64. The lowest BCUT2D eigenvalue weighted by Crippen LogP contribution is -2.37. The van der Waals surface area contributed by atoms with Crippen LogP contribution in [0.25, 0.3) is 11.5 Å². The SMILES string of the molecule is CCOCCCNC(=O)c1nnc(-c2ccc(S(=O)(=O)N3CCC(C)CC3)cc2)o1. The first-order valence-electron chi connectivity index (χ1n) is 10.2. The van der Waals surface area contributed by atoms with E-state index in [0.29, 0.717) is 50.8 Å². The van der Waals surface area contributed by atoms with Gasteiger partial charge in [-0.1, -0.05) is 6.92 Å². The van der Waals surface area contributed by atoms with Crippen LogP contribution >= 0.6 is 0 Å². The van der Waals surface area contributed by atoms with E-state index in [1.807, 2.05) is 6.92 Å². The number of piperidine rings is 1. The summed E-state index contributed by atoms with van der Waals surface area (Å²) in [6, 6.07) is 6.27. The molecule has 0 atom stereocenters. The van der Waals surface area contributed by atoms with Gasteiger partial charge in [0.1, 0.15) is 0 Å². The van der Waals surface area contributed by atoms with Crippen LogP contribution in [0.15, 0.2) is 33.6 Å². The van der Waals surface area contributed by atoms with E-state index in [1.165, 1.54) is 16.4 Å². The number of amides is 1. The summed E-state index contributed by atoms with van der Waals surface area (Å²) in [6.45, 7) is 6.78. The Morgan fingerprint density at radius 3 is 2.60 bits per heavy atom.